The molecule has 3 N–H and O–H groups in total. The summed E-state index contributed by atoms with van der Waals surface area (Å²) in [5, 5.41) is 12.1. The van der Waals surface area contributed by atoms with Crippen LogP contribution in [0.3, 0.4) is 0 Å². The summed E-state index contributed by atoms with van der Waals surface area (Å²) in [5.41, 5.74) is 6.27. The molecule has 0 atom stereocenters. The standard InChI is InChI=1S/C17H20ClNO3.ClH/c18-13-9-11-1-2-15(20)22-16(11)12(10-13)3-6-17(21)7-4-14(19)5-8-17;/h1-2,9-10,14,21H,3-8,19H2;1H/t14-,17-;. The van der Waals surface area contributed by atoms with Gasteiger partial charge in [0.05, 0.1) is 5.60 Å². The molecular formula is C17H21Cl2NO3. The zero-order valence-corrected chi connectivity index (χ0v) is 14.3. The lowest BCUT2D eigenvalue weighted by Crippen LogP contribution is -2.39. The number of aliphatic hydroxyl groups is 1. The molecule has 0 aliphatic heterocycles. The molecule has 1 aromatic heterocycles. The fraction of sp³-hybridized carbons (Fsp3) is 0.471. The molecule has 1 saturated carbocycles. The van der Waals surface area contributed by atoms with Gasteiger partial charge in [0.1, 0.15) is 5.58 Å². The van der Waals surface area contributed by atoms with Gasteiger partial charge >= 0.3 is 5.63 Å². The highest BCUT2D eigenvalue weighted by Gasteiger charge is 2.31. The minimum atomic E-state index is -0.681. The van der Waals surface area contributed by atoms with E-state index in [9.17, 15) is 9.90 Å². The van der Waals surface area contributed by atoms with Crippen LogP contribution >= 0.6 is 24.0 Å². The number of benzene rings is 1. The van der Waals surface area contributed by atoms with Crippen molar-refractivity contribution in [2.75, 3.05) is 0 Å². The maximum Gasteiger partial charge on any atom is 0.336 e. The van der Waals surface area contributed by atoms with E-state index in [1.807, 2.05) is 6.07 Å². The first kappa shape index (κ1) is 18.3. The van der Waals surface area contributed by atoms with Gasteiger partial charge in [0, 0.05) is 22.5 Å². The molecule has 0 unspecified atom stereocenters. The van der Waals surface area contributed by atoms with Gasteiger partial charge in [-0.05, 0) is 62.3 Å². The zero-order chi connectivity index (χ0) is 15.7. The first-order valence-electron chi connectivity index (χ1n) is 7.65. The van der Waals surface area contributed by atoms with E-state index in [1.54, 1.807) is 12.1 Å². The largest absolute Gasteiger partial charge is 0.422 e. The van der Waals surface area contributed by atoms with E-state index >= 15 is 0 Å². The third kappa shape index (κ3) is 4.27. The number of rotatable bonds is 3. The van der Waals surface area contributed by atoms with E-state index in [2.05, 4.69) is 0 Å². The lowest BCUT2D eigenvalue weighted by atomic mass is 9.79. The van der Waals surface area contributed by atoms with Gasteiger partial charge in [-0.3, -0.25) is 0 Å². The predicted molar refractivity (Wildman–Crippen MR) is 94.5 cm³/mol. The molecule has 23 heavy (non-hydrogen) atoms. The van der Waals surface area contributed by atoms with E-state index in [-0.39, 0.29) is 24.1 Å². The van der Waals surface area contributed by atoms with E-state index in [0.717, 1.165) is 36.6 Å². The number of nitrogens with two attached hydrogens (primary N) is 1. The van der Waals surface area contributed by atoms with Crippen molar-refractivity contribution in [3.63, 3.8) is 0 Å². The van der Waals surface area contributed by atoms with Crippen LogP contribution in [0.15, 0.2) is 33.5 Å². The van der Waals surface area contributed by atoms with Crippen LogP contribution in [0.2, 0.25) is 5.02 Å². The fourth-order valence-electron chi connectivity index (χ4n) is 3.19. The molecule has 6 heteroatoms. The summed E-state index contributed by atoms with van der Waals surface area (Å²) in [5.74, 6) is 0. The van der Waals surface area contributed by atoms with Crippen LogP contribution in [0.4, 0.5) is 0 Å². The van der Waals surface area contributed by atoms with E-state index < -0.39 is 5.60 Å². The Labute approximate surface area is 146 Å². The minimum Gasteiger partial charge on any atom is -0.422 e. The van der Waals surface area contributed by atoms with Crippen molar-refractivity contribution in [1.29, 1.82) is 0 Å². The van der Waals surface area contributed by atoms with Crippen LogP contribution in [-0.4, -0.2) is 16.7 Å². The molecule has 0 saturated heterocycles. The topological polar surface area (TPSA) is 76.5 Å². The highest BCUT2D eigenvalue weighted by molar-refractivity contribution is 6.31. The van der Waals surface area contributed by atoms with Crippen molar-refractivity contribution in [1.82, 2.24) is 0 Å². The Hall–Kier alpha value is -1.07. The number of aryl methyl sites for hydroxylation is 1. The monoisotopic (exact) mass is 357 g/mol. The SMILES string of the molecule is Cl.N[C@H]1CC[C@@](O)(CCc2cc(Cl)cc3ccc(=O)oc23)CC1. The van der Waals surface area contributed by atoms with Gasteiger partial charge in [-0.1, -0.05) is 11.6 Å². The average Bonchev–Trinajstić information content (AvgIpc) is 2.49. The summed E-state index contributed by atoms with van der Waals surface area (Å²) >= 11 is 6.14. The molecule has 1 aliphatic rings. The van der Waals surface area contributed by atoms with Crippen molar-refractivity contribution >= 4 is 35.0 Å². The molecule has 4 nitrogen and oxygen atoms in total. The van der Waals surface area contributed by atoms with Gasteiger partial charge in [0.15, 0.2) is 0 Å². The van der Waals surface area contributed by atoms with Crippen LogP contribution in [0, 0.1) is 0 Å². The molecule has 0 radical (unpaired) electrons. The third-order valence-corrected chi connectivity index (χ3v) is 4.80. The second kappa shape index (κ2) is 7.22. The van der Waals surface area contributed by atoms with Crippen molar-refractivity contribution in [2.45, 2.75) is 50.2 Å². The summed E-state index contributed by atoms with van der Waals surface area (Å²) in [6, 6.07) is 6.89. The van der Waals surface area contributed by atoms with Crippen LogP contribution in [0.25, 0.3) is 11.0 Å². The lowest BCUT2D eigenvalue weighted by Gasteiger charge is -2.34. The second-order valence-corrected chi connectivity index (χ2v) is 6.74. The number of hydrogen-bond acceptors (Lipinski definition) is 4. The van der Waals surface area contributed by atoms with Crippen LogP contribution in [-0.2, 0) is 6.42 Å². The Morgan fingerprint density at radius 1 is 1.30 bits per heavy atom. The summed E-state index contributed by atoms with van der Waals surface area (Å²) in [7, 11) is 0. The Balaban J connectivity index is 0.00000192. The summed E-state index contributed by atoms with van der Waals surface area (Å²) in [6.45, 7) is 0. The molecule has 2 aromatic rings. The van der Waals surface area contributed by atoms with Crippen molar-refractivity contribution in [3.8, 4) is 0 Å². The number of halogens is 2. The third-order valence-electron chi connectivity index (χ3n) is 4.58. The zero-order valence-electron chi connectivity index (χ0n) is 12.8. The predicted octanol–water partition coefficient (Wildman–Crippen LogP) is 3.43. The molecule has 0 amide bonds. The maximum absolute atomic E-state index is 11.5. The first-order chi connectivity index (χ1) is 10.5. The van der Waals surface area contributed by atoms with Gasteiger partial charge in [-0.2, -0.15) is 0 Å². The number of fused-ring (bicyclic) bond motifs is 1. The number of hydrogen-bond donors (Lipinski definition) is 2. The van der Waals surface area contributed by atoms with Gasteiger partial charge < -0.3 is 15.3 Å². The Morgan fingerprint density at radius 3 is 2.70 bits per heavy atom. The minimum absolute atomic E-state index is 0. The van der Waals surface area contributed by atoms with Gasteiger partial charge in [-0.25, -0.2) is 4.79 Å². The molecule has 0 bridgehead atoms. The highest BCUT2D eigenvalue weighted by atomic mass is 35.5. The Kier molecular flexibility index (Phi) is 5.74. The summed E-state index contributed by atoms with van der Waals surface area (Å²) < 4.78 is 5.32. The molecule has 3 rings (SSSR count). The molecule has 1 heterocycles. The van der Waals surface area contributed by atoms with Gasteiger partial charge in [0.2, 0.25) is 0 Å². The molecule has 0 spiro atoms. The second-order valence-electron chi connectivity index (χ2n) is 6.30. The quantitative estimate of drug-likeness (QED) is 0.825. The maximum atomic E-state index is 11.5. The molecule has 1 aromatic carbocycles. The van der Waals surface area contributed by atoms with E-state index in [0.29, 0.717) is 23.4 Å². The highest BCUT2D eigenvalue weighted by Crippen LogP contribution is 2.33. The van der Waals surface area contributed by atoms with E-state index in [1.165, 1.54) is 6.07 Å². The summed E-state index contributed by atoms with van der Waals surface area (Å²) in [4.78, 5) is 11.5. The van der Waals surface area contributed by atoms with Crippen LogP contribution in [0.1, 0.15) is 37.7 Å². The first-order valence-corrected chi connectivity index (χ1v) is 8.03. The fourth-order valence-corrected chi connectivity index (χ4v) is 3.44. The normalized spacial score (nSPS) is 24.4. The van der Waals surface area contributed by atoms with Crippen LogP contribution in [0.5, 0.6) is 0 Å². The van der Waals surface area contributed by atoms with Crippen molar-refractivity contribution in [3.05, 3.63) is 45.3 Å². The molecular weight excluding hydrogens is 337 g/mol. The average molecular weight is 358 g/mol. The molecule has 1 aliphatic carbocycles. The molecule has 126 valence electrons. The Morgan fingerprint density at radius 2 is 2.00 bits per heavy atom. The Bertz CT molecular complexity index is 736. The van der Waals surface area contributed by atoms with E-state index in [4.69, 9.17) is 21.8 Å². The summed E-state index contributed by atoms with van der Waals surface area (Å²) in [6.07, 6.45) is 4.38. The molecule has 1 fully saturated rings. The van der Waals surface area contributed by atoms with Crippen molar-refractivity contribution in [2.24, 2.45) is 5.73 Å². The smallest absolute Gasteiger partial charge is 0.336 e. The van der Waals surface area contributed by atoms with Crippen LogP contribution < -0.4 is 11.4 Å². The van der Waals surface area contributed by atoms with Gasteiger partial charge in [0.25, 0.3) is 0 Å². The lowest BCUT2D eigenvalue weighted by molar-refractivity contribution is -0.00747. The van der Waals surface area contributed by atoms with Gasteiger partial charge in [-0.15, -0.1) is 12.4 Å². The van der Waals surface area contributed by atoms with Crippen molar-refractivity contribution < 1.29 is 9.52 Å².